The van der Waals surface area contributed by atoms with Crippen molar-refractivity contribution in [2.75, 3.05) is 13.1 Å². The Morgan fingerprint density at radius 2 is 1.88 bits per heavy atom. The third kappa shape index (κ3) is 3.62. The van der Waals surface area contributed by atoms with Crippen molar-refractivity contribution < 1.29 is 13.5 Å². The fourth-order valence-electron chi connectivity index (χ4n) is 4.25. The predicted octanol–water partition coefficient (Wildman–Crippen LogP) is 4.80. The van der Waals surface area contributed by atoms with Gasteiger partial charge in [0.2, 0.25) is 0 Å². The molecule has 8 heteroatoms. The maximum Gasteiger partial charge on any atom is 0.168 e. The number of H-pyrrole nitrogens is 1. The molecule has 0 aliphatic carbocycles. The van der Waals surface area contributed by atoms with Gasteiger partial charge in [-0.3, -0.25) is 0 Å². The van der Waals surface area contributed by atoms with E-state index in [0.29, 0.717) is 23.1 Å². The zero-order valence-corrected chi connectivity index (χ0v) is 17.4. The second kappa shape index (κ2) is 8.12. The van der Waals surface area contributed by atoms with Crippen LogP contribution in [0.15, 0.2) is 55.2 Å². The van der Waals surface area contributed by atoms with Gasteiger partial charge in [0.15, 0.2) is 11.6 Å². The van der Waals surface area contributed by atoms with E-state index in [0.717, 1.165) is 55.0 Å². The van der Waals surface area contributed by atoms with Crippen molar-refractivity contribution in [3.05, 3.63) is 78.1 Å². The number of imidazole rings is 1. The summed E-state index contributed by atoms with van der Waals surface area (Å²) in [5.41, 5.74) is 11.0. The van der Waals surface area contributed by atoms with Crippen molar-refractivity contribution in [3.8, 4) is 22.8 Å². The number of hydrogen-bond donors (Lipinski definition) is 3. The van der Waals surface area contributed by atoms with Crippen LogP contribution in [-0.4, -0.2) is 27.7 Å². The van der Waals surface area contributed by atoms with Crippen LogP contribution in [0.2, 0.25) is 0 Å². The molecule has 32 heavy (non-hydrogen) atoms. The standard InChI is InChI=1S/C24H23F2N5O/c1-14(27)23-22(30-24-19(13-29-31(23)24)15-8-10-28-11-9-15)16-2-5-18(6-3-16)32-21-7-4-17(25)12-20(21)26/h2-7,12-13,15,28,30H,1,8-11,27H2. The number of halogens is 2. The number of nitrogens with one attached hydrogen (secondary N) is 2. The minimum Gasteiger partial charge on any atom is -0.454 e. The van der Waals surface area contributed by atoms with E-state index in [-0.39, 0.29) is 5.75 Å². The minimum absolute atomic E-state index is 0.0415. The van der Waals surface area contributed by atoms with Crippen LogP contribution in [-0.2, 0) is 0 Å². The van der Waals surface area contributed by atoms with Crippen molar-refractivity contribution in [2.24, 2.45) is 5.73 Å². The topological polar surface area (TPSA) is 80.4 Å². The monoisotopic (exact) mass is 435 g/mol. The summed E-state index contributed by atoms with van der Waals surface area (Å²) in [6.45, 7) is 5.91. The van der Waals surface area contributed by atoms with E-state index >= 15 is 0 Å². The fraction of sp³-hybridized carbons (Fsp3) is 0.208. The van der Waals surface area contributed by atoms with Crippen LogP contribution in [0.5, 0.6) is 11.5 Å². The summed E-state index contributed by atoms with van der Waals surface area (Å²) >= 11 is 0. The molecule has 0 amide bonds. The van der Waals surface area contributed by atoms with E-state index < -0.39 is 11.6 Å². The molecule has 164 valence electrons. The number of benzene rings is 2. The molecule has 2 aromatic carbocycles. The van der Waals surface area contributed by atoms with Crippen LogP contribution in [0.1, 0.15) is 30.0 Å². The van der Waals surface area contributed by atoms with Crippen molar-refractivity contribution in [1.82, 2.24) is 19.9 Å². The van der Waals surface area contributed by atoms with Gasteiger partial charge in [-0.15, -0.1) is 0 Å². The highest BCUT2D eigenvalue weighted by molar-refractivity contribution is 5.79. The van der Waals surface area contributed by atoms with E-state index in [1.54, 1.807) is 12.1 Å². The van der Waals surface area contributed by atoms with Crippen LogP contribution in [0.25, 0.3) is 22.6 Å². The van der Waals surface area contributed by atoms with Gasteiger partial charge in [-0.2, -0.15) is 5.10 Å². The lowest BCUT2D eigenvalue weighted by molar-refractivity contribution is 0.438. The average molecular weight is 435 g/mol. The van der Waals surface area contributed by atoms with E-state index in [1.165, 1.54) is 11.6 Å². The molecule has 1 fully saturated rings. The Bertz CT molecular complexity index is 1290. The largest absolute Gasteiger partial charge is 0.454 e. The Morgan fingerprint density at radius 3 is 2.56 bits per heavy atom. The molecular formula is C24H23F2N5O. The molecule has 3 heterocycles. The van der Waals surface area contributed by atoms with Crippen LogP contribution >= 0.6 is 0 Å². The normalized spacial score (nSPS) is 14.7. The number of piperidine rings is 1. The van der Waals surface area contributed by atoms with Gasteiger partial charge in [-0.1, -0.05) is 6.58 Å². The van der Waals surface area contributed by atoms with Gasteiger partial charge >= 0.3 is 0 Å². The summed E-state index contributed by atoms with van der Waals surface area (Å²) in [6, 6.07) is 10.3. The number of rotatable bonds is 5. The molecule has 2 aromatic heterocycles. The highest BCUT2D eigenvalue weighted by Crippen LogP contribution is 2.34. The Balaban J connectivity index is 1.49. The van der Waals surface area contributed by atoms with E-state index in [9.17, 15) is 8.78 Å². The molecule has 0 saturated carbocycles. The Labute approximate surface area is 183 Å². The lowest BCUT2D eigenvalue weighted by Gasteiger charge is -2.21. The van der Waals surface area contributed by atoms with Crippen molar-refractivity contribution >= 4 is 11.3 Å². The van der Waals surface area contributed by atoms with Crippen molar-refractivity contribution in [2.45, 2.75) is 18.8 Å². The quantitative estimate of drug-likeness (QED) is 0.421. The average Bonchev–Trinajstić information content (AvgIpc) is 3.36. The molecule has 0 radical (unpaired) electrons. The summed E-state index contributed by atoms with van der Waals surface area (Å²) in [5.74, 6) is -0.591. The first-order chi connectivity index (χ1) is 15.5. The van der Waals surface area contributed by atoms with E-state index in [2.05, 4.69) is 22.0 Å². The van der Waals surface area contributed by atoms with Crippen molar-refractivity contribution in [3.63, 3.8) is 0 Å². The fourth-order valence-corrected chi connectivity index (χ4v) is 4.25. The number of aromatic nitrogens is 3. The van der Waals surface area contributed by atoms with Crippen LogP contribution in [0.4, 0.5) is 8.78 Å². The zero-order chi connectivity index (χ0) is 22.2. The van der Waals surface area contributed by atoms with E-state index in [1.807, 2.05) is 22.8 Å². The van der Waals surface area contributed by atoms with Gasteiger partial charge in [0, 0.05) is 17.2 Å². The molecule has 1 aliphatic heterocycles. The first-order valence-corrected chi connectivity index (χ1v) is 10.5. The number of fused-ring (bicyclic) bond motifs is 1. The van der Waals surface area contributed by atoms with Gasteiger partial charge in [-0.05, 0) is 68.2 Å². The van der Waals surface area contributed by atoms with Crippen molar-refractivity contribution in [1.29, 1.82) is 0 Å². The molecule has 6 nitrogen and oxygen atoms in total. The summed E-state index contributed by atoms with van der Waals surface area (Å²) in [4.78, 5) is 3.49. The highest BCUT2D eigenvalue weighted by atomic mass is 19.1. The SMILES string of the molecule is C=C(N)c1c(-c2ccc(Oc3ccc(F)cc3F)cc2)[nH]c2c(C3CCNCC3)cnn12. The molecule has 1 aliphatic rings. The summed E-state index contributed by atoms with van der Waals surface area (Å²) < 4.78 is 34.4. The zero-order valence-electron chi connectivity index (χ0n) is 17.4. The number of nitrogens with two attached hydrogens (primary N) is 1. The maximum atomic E-state index is 13.9. The predicted molar refractivity (Wildman–Crippen MR) is 119 cm³/mol. The molecule has 0 bridgehead atoms. The van der Waals surface area contributed by atoms with Gasteiger partial charge in [0.1, 0.15) is 22.9 Å². The summed E-state index contributed by atoms with van der Waals surface area (Å²) in [6.07, 6.45) is 4.02. The van der Waals surface area contributed by atoms with Gasteiger partial charge < -0.3 is 20.8 Å². The molecule has 4 N–H and O–H groups in total. The van der Waals surface area contributed by atoms with Crippen LogP contribution in [0, 0.1) is 11.6 Å². The number of hydrogen-bond acceptors (Lipinski definition) is 4. The first-order valence-electron chi connectivity index (χ1n) is 10.5. The number of ether oxygens (including phenoxy) is 1. The molecule has 0 atom stereocenters. The Kier molecular flexibility index (Phi) is 5.14. The minimum atomic E-state index is -0.758. The lowest BCUT2D eigenvalue weighted by atomic mass is 9.92. The second-order valence-corrected chi connectivity index (χ2v) is 7.96. The molecule has 0 unspecified atom stereocenters. The smallest absolute Gasteiger partial charge is 0.168 e. The maximum absolute atomic E-state index is 13.9. The number of nitrogens with zero attached hydrogens (tertiary/aromatic N) is 2. The molecular weight excluding hydrogens is 412 g/mol. The summed E-state index contributed by atoms with van der Waals surface area (Å²) in [5, 5.41) is 7.97. The second-order valence-electron chi connectivity index (χ2n) is 7.96. The van der Waals surface area contributed by atoms with E-state index in [4.69, 9.17) is 10.5 Å². The third-order valence-corrected chi connectivity index (χ3v) is 5.84. The lowest BCUT2D eigenvalue weighted by Crippen LogP contribution is -2.26. The van der Waals surface area contributed by atoms with Gasteiger partial charge in [0.05, 0.1) is 17.6 Å². The summed E-state index contributed by atoms with van der Waals surface area (Å²) in [7, 11) is 0. The molecule has 0 spiro atoms. The van der Waals surface area contributed by atoms with Crippen LogP contribution < -0.4 is 15.8 Å². The van der Waals surface area contributed by atoms with Crippen LogP contribution in [0.3, 0.4) is 0 Å². The number of aromatic amines is 1. The Hall–Kier alpha value is -3.65. The molecule has 4 aromatic rings. The third-order valence-electron chi connectivity index (χ3n) is 5.84. The Morgan fingerprint density at radius 1 is 1.12 bits per heavy atom. The van der Waals surface area contributed by atoms with Gasteiger partial charge in [-0.25, -0.2) is 13.3 Å². The molecule has 1 saturated heterocycles. The van der Waals surface area contributed by atoms with Gasteiger partial charge in [0.25, 0.3) is 0 Å². The highest BCUT2D eigenvalue weighted by Gasteiger charge is 2.24. The first kappa shape index (κ1) is 20.3. The molecule has 5 rings (SSSR count).